The molecule has 100 valence electrons. The van der Waals surface area contributed by atoms with Crippen molar-refractivity contribution in [3.63, 3.8) is 0 Å². The van der Waals surface area contributed by atoms with Crippen molar-refractivity contribution >= 4 is 15.9 Å². The van der Waals surface area contributed by atoms with Gasteiger partial charge >= 0.3 is 0 Å². The zero-order chi connectivity index (χ0) is 13.9. The first-order chi connectivity index (χ1) is 9.02. The van der Waals surface area contributed by atoms with Crippen molar-refractivity contribution in [3.05, 3.63) is 59.7 Å². The lowest BCUT2D eigenvalue weighted by Crippen LogP contribution is -2.12. The first kappa shape index (κ1) is 14.1. The van der Waals surface area contributed by atoms with E-state index in [4.69, 9.17) is 4.74 Å². The molecule has 0 spiro atoms. The summed E-state index contributed by atoms with van der Waals surface area (Å²) >= 11 is 3.50. The van der Waals surface area contributed by atoms with E-state index in [1.165, 1.54) is 5.56 Å². The van der Waals surface area contributed by atoms with E-state index < -0.39 is 0 Å². The number of rotatable bonds is 3. The fourth-order valence-electron chi connectivity index (χ4n) is 2.01. The maximum absolute atomic E-state index is 6.13. The lowest BCUT2D eigenvalue weighted by molar-refractivity contribution is 0.452. The zero-order valence-corrected chi connectivity index (χ0v) is 13.2. The van der Waals surface area contributed by atoms with Gasteiger partial charge in [0.15, 0.2) is 0 Å². The SMILES string of the molecule is CC(C)(C)c1ccccc1Oc1ccccc1CBr. The summed E-state index contributed by atoms with van der Waals surface area (Å²) in [5, 5.41) is 0.793. The minimum absolute atomic E-state index is 0.0694. The van der Waals surface area contributed by atoms with Gasteiger partial charge in [-0.3, -0.25) is 0 Å². The summed E-state index contributed by atoms with van der Waals surface area (Å²) in [4.78, 5) is 0. The Bertz CT molecular complexity index is 555. The highest BCUT2D eigenvalue weighted by Gasteiger charge is 2.19. The van der Waals surface area contributed by atoms with E-state index in [2.05, 4.69) is 54.9 Å². The normalized spacial score (nSPS) is 11.4. The first-order valence-corrected chi connectivity index (χ1v) is 7.56. The third-order valence-electron chi connectivity index (χ3n) is 3.03. The Morgan fingerprint density at radius 2 is 1.47 bits per heavy atom. The molecule has 0 aliphatic carbocycles. The van der Waals surface area contributed by atoms with Crippen molar-refractivity contribution < 1.29 is 4.74 Å². The van der Waals surface area contributed by atoms with E-state index in [1.807, 2.05) is 30.3 Å². The average Bonchev–Trinajstić information content (AvgIpc) is 2.39. The van der Waals surface area contributed by atoms with Gasteiger partial charge in [0, 0.05) is 16.5 Å². The zero-order valence-electron chi connectivity index (χ0n) is 11.6. The van der Waals surface area contributed by atoms with Crippen LogP contribution in [0.15, 0.2) is 48.5 Å². The molecule has 0 bridgehead atoms. The van der Waals surface area contributed by atoms with Crippen molar-refractivity contribution in [2.24, 2.45) is 0 Å². The highest BCUT2D eigenvalue weighted by molar-refractivity contribution is 9.08. The van der Waals surface area contributed by atoms with Gasteiger partial charge in [0.2, 0.25) is 0 Å². The van der Waals surface area contributed by atoms with E-state index in [-0.39, 0.29) is 5.41 Å². The molecule has 0 fully saturated rings. The second-order valence-corrected chi connectivity index (χ2v) is 6.15. The van der Waals surface area contributed by atoms with Gasteiger partial charge in [-0.15, -0.1) is 0 Å². The van der Waals surface area contributed by atoms with Gasteiger partial charge in [-0.2, -0.15) is 0 Å². The van der Waals surface area contributed by atoms with E-state index in [0.717, 1.165) is 22.4 Å². The molecule has 1 nitrogen and oxygen atoms in total. The fraction of sp³-hybridized carbons (Fsp3) is 0.294. The Morgan fingerprint density at radius 3 is 2.11 bits per heavy atom. The minimum atomic E-state index is 0.0694. The molecule has 0 aliphatic heterocycles. The van der Waals surface area contributed by atoms with Crippen molar-refractivity contribution in [2.75, 3.05) is 0 Å². The molecule has 0 aromatic heterocycles. The van der Waals surface area contributed by atoms with Crippen LogP contribution in [0.3, 0.4) is 0 Å². The van der Waals surface area contributed by atoms with Crippen molar-refractivity contribution in [3.8, 4) is 11.5 Å². The number of alkyl halides is 1. The molecule has 2 heteroatoms. The summed E-state index contributed by atoms with van der Waals surface area (Å²) < 4.78 is 6.13. The average molecular weight is 319 g/mol. The molecule has 0 aliphatic rings. The lowest BCUT2D eigenvalue weighted by Gasteiger charge is -2.23. The molecule has 19 heavy (non-hydrogen) atoms. The third kappa shape index (κ3) is 3.38. The molecule has 0 saturated carbocycles. The van der Waals surface area contributed by atoms with Crippen LogP contribution in [0.2, 0.25) is 0 Å². The van der Waals surface area contributed by atoms with Crippen molar-refractivity contribution in [1.29, 1.82) is 0 Å². The van der Waals surface area contributed by atoms with Gasteiger partial charge in [-0.25, -0.2) is 0 Å². The van der Waals surface area contributed by atoms with Crippen LogP contribution >= 0.6 is 15.9 Å². The number of hydrogen-bond acceptors (Lipinski definition) is 1. The van der Waals surface area contributed by atoms with E-state index >= 15 is 0 Å². The van der Waals surface area contributed by atoms with Crippen LogP contribution in [-0.2, 0) is 10.7 Å². The van der Waals surface area contributed by atoms with Gasteiger partial charge in [-0.05, 0) is 17.5 Å². The lowest BCUT2D eigenvalue weighted by atomic mass is 9.86. The Labute approximate surface area is 123 Å². The van der Waals surface area contributed by atoms with Gasteiger partial charge < -0.3 is 4.74 Å². The molecule has 2 aromatic rings. The molecule has 2 aromatic carbocycles. The summed E-state index contributed by atoms with van der Waals surface area (Å²) in [6, 6.07) is 16.4. The monoisotopic (exact) mass is 318 g/mol. The summed E-state index contributed by atoms with van der Waals surface area (Å²) in [7, 11) is 0. The van der Waals surface area contributed by atoms with Gasteiger partial charge in [0.1, 0.15) is 11.5 Å². The van der Waals surface area contributed by atoms with Crippen molar-refractivity contribution in [2.45, 2.75) is 31.5 Å². The second kappa shape index (κ2) is 5.79. The van der Waals surface area contributed by atoms with E-state index in [1.54, 1.807) is 0 Å². The third-order valence-corrected chi connectivity index (χ3v) is 3.64. The van der Waals surface area contributed by atoms with Crippen LogP contribution in [-0.4, -0.2) is 0 Å². The number of ether oxygens (including phenoxy) is 1. The predicted octanol–water partition coefficient (Wildman–Crippen LogP) is 5.67. The molecule has 0 saturated heterocycles. The molecule has 0 N–H and O–H groups in total. The molecule has 0 radical (unpaired) electrons. The summed E-state index contributed by atoms with van der Waals surface area (Å²) in [5.41, 5.74) is 2.45. The molecular weight excluding hydrogens is 300 g/mol. The van der Waals surface area contributed by atoms with Gasteiger partial charge in [0.05, 0.1) is 0 Å². The quantitative estimate of drug-likeness (QED) is 0.662. The molecule has 0 atom stereocenters. The summed E-state index contributed by atoms with van der Waals surface area (Å²) in [6.45, 7) is 6.60. The topological polar surface area (TPSA) is 9.23 Å². The van der Waals surface area contributed by atoms with E-state index in [0.29, 0.717) is 0 Å². The molecule has 0 heterocycles. The highest BCUT2D eigenvalue weighted by Crippen LogP contribution is 2.35. The summed E-state index contributed by atoms with van der Waals surface area (Å²) in [5.74, 6) is 1.85. The van der Waals surface area contributed by atoms with Crippen LogP contribution in [0, 0.1) is 0 Å². The van der Waals surface area contributed by atoms with Crippen LogP contribution < -0.4 is 4.74 Å². The standard InChI is InChI=1S/C17H19BrO/c1-17(2,3)14-9-5-7-11-16(14)19-15-10-6-4-8-13(15)12-18/h4-11H,12H2,1-3H3. The first-order valence-electron chi connectivity index (χ1n) is 6.43. The second-order valence-electron chi connectivity index (χ2n) is 5.59. The predicted molar refractivity (Wildman–Crippen MR) is 84.3 cm³/mol. The molecule has 0 amide bonds. The maximum atomic E-state index is 6.13. The molecule has 2 rings (SSSR count). The van der Waals surface area contributed by atoms with E-state index in [9.17, 15) is 0 Å². The largest absolute Gasteiger partial charge is 0.457 e. The number of para-hydroxylation sites is 2. The Hall–Kier alpha value is -1.28. The Kier molecular flexibility index (Phi) is 4.31. The Morgan fingerprint density at radius 1 is 0.895 bits per heavy atom. The Balaban J connectivity index is 2.39. The van der Waals surface area contributed by atoms with Crippen LogP contribution in [0.4, 0.5) is 0 Å². The molecular formula is C17H19BrO. The minimum Gasteiger partial charge on any atom is -0.457 e. The number of halogens is 1. The summed E-state index contributed by atoms with van der Waals surface area (Å²) in [6.07, 6.45) is 0. The highest BCUT2D eigenvalue weighted by atomic mass is 79.9. The van der Waals surface area contributed by atoms with Crippen molar-refractivity contribution in [1.82, 2.24) is 0 Å². The molecule has 0 unspecified atom stereocenters. The number of hydrogen-bond donors (Lipinski definition) is 0. The van der Waals surface area contributed by atoms with Gasteiger partial charge in [0.25, 0.3) is 0 Å². The van der Waals surface area contributed by atoms with Crippen LogP contribution in [0.1, 0.15) is 31.9 Å². The fourth-order valence-corrected chi connectivity index (χ4v) is 2.47. The van der Waals surface area contributed by atoms with Gasteiger partial charge in [-0.1, -0.05) is 73.1 Å². The smallest absolute Gasteiger partial charge is 0.131 e. The maximum Gasteiger partial charge on any atom is 0.131 e. The van der Waals surface area contributed by atoms with Crippen LogP contribution in [0.25, 0.3) is 0 Å². The number of benzene rings is 2. The van der Waals surface area contributed by atoms with Crippen LogP contribution in [0.5, 0.6) is 11.5 Å².